The lowest BCUT2D eigenvalue weighted by Gasteiger charge is -2.07. The topological polar surface area (TPSA) is 21.6 Å². The van der Waals surface area contributed by atoms with Gasteiger partial charge < -0.3 is 4.74 Å². The Labute approximate surface area is 81.0 Å². The summed E-state index contributed by atoms with van der Waals surface area (Å²) in [5.41, 5.74) is 0.896. The molecule has 0 N–H and O–H groups in total. The molecule has 13 heavy (non-hydrogen) atoms. The Morgan fingerprint density at radius 3 is 2.54 bits per heavy atom. The lowest BCUT2D eigenvalue weighted by molar-refractivity contribution is 0.180. The predicted molar refractivity (Wildman–Crippen MR) is 57.9 cm³/mol. The van der Waals surface area contributed by atoms with Crippen LogP contribution in [-0.2, 0) is 4.74 Å². The summed E-state index contributed by atoms with van der Waals surface area (Å²) in [5, 5.41) is 0. The summed E-state index contributed by atoms with van der Waals surface area (Å²) in [6.45, 7) is 12.4. The molecule has 0 amide bonds. The minimum absolute atomic E-state index is 0.549. The second kappa shape index (κ2) is 6.46. The summed E-state index contributed by atoms with van der Waals surface area (Å²) in [6.07, 6.45) is 3.44. The van der Waals surface area contributed by atoms with Crippen LogP contribution in [0.15, 0.2) is 29.6 Å². The SMILES string of the molecule is C=C/C(C)=N\C=C(/C)OCC(C)C. The fourth-order valence-corrected chi connectivity index (χ4v) is 0.581. The van der Waals surface area contributed by atoms with Crippen molar-refractivity contribution in [2.75, 3.05) is 6.61 Å². The molecule has 0 fully saturated rings. The monoisotopic (exact) mass is 181 g/mol. The van der Waals surface area contributed by atoms with Crippen LogP contribution in [0, 0.1) is 5.92 Å². The Bertz CT molecular complexity index is 214. The second-order valence-electron chi connectivity index (χ2n) is 3.42. The standard InChI is InChI=1S/C11H19NO/c1-6-10(4)12-7-11(5)13-8-9(2)3/h6-7,9H,1,8H2,2-5H3/b11-7+,12-10-. The Morgan fingerprint density at radius 1 is 1.46 bits per heavy atom. The van der Waals surface area contributed by atoms with Crippen LogP contribution in [0.3, 0.4) is 0 Å². The normalized spacial score (nSPS) is 13.3. The number of ether oxygens (including phenoxy) is 1. The molecule has 0 saturated carbocycles. The third kappa shape index (κ3) is 7.32. The van der Waals surface area contributed by atoms with Gasteiger partial charge in [0.2, 0.25) is 0 Å². The summed E-state index contributed by atoms with van der Waals surface area (Å²) >= 11 is 0. The maximum atomic E-state index is 5.42. The molecule has 0 atom stereocenters. The highest BCUT2D eigenvalue weighted by Gasteiger charge is 1.93. The number of allylic oxidation sites excluding steroid dienone is 2. The molecule has 0 heterocycles. The van der Waals surface area contributed by atoms with Crippen molar-refractivity contribution in [1.82, 2.24) is 0 Å². The molecule has 74 valence electrons. The fourth-order valence-electron chi connectivity index (χ4n) is 0.581. The van der Waals surface area contributed by atoms with Gasteiger partial charge in [0.1, 0.15) is 5.76 Å². The van der Waals surface area contributed by atoms with E-state index in [4.69, 9.17) is 4.74 Å². The number of hydrogen-bond acceptors (Lipinski definition) is 2. The summed E-state index contributed by atoms with van der Waals surface area (Å²) < 4.78 is 5.42. The van der Waals surface area contributed by atoms with E-state index in [0.717, 1.165) is 18.1 Å². The smallest absolute Gasteiger partial charge is 0.111 e. The zero-order valence-corrected chi connectivity index (χ0v) is 9.00. The Balaban J connectivity index is 3.95. The maximum absolute atomic E-state index is 5.42. The van der Waals surface area contributed by atoms with Gasteiger partial charge in [0, 0.05) is 5.71 Å². The average molecular weight is 181 g/mol. The molecule has 0 aromatic rings. The fraction of sp³-hybridized carbons (Fsp3) is 0.545. The first-order valence-corrected chi connectivity index (χ1v) is 4.52. The molecule has 0 aromatic carbocycles. The zero-order chi connectivity index (χ0) is 10.3. The van der Waals surface area contributed by atoms with E-state index in [0.29, 0.717) is 5.92 Å². The zero-order valence-electron chi connectivity index (χ0n) is 9.00. The van der Waals surface area contributed by atoms with Gasteiger partial charge >= 0.3 is 0 Å². The average Bonchev–Trinajstić information content (AvgIpc) is 2.10. The van der Waals surface area contributed by atoms with E-state index in [1.807, 2.05) is 13.8 Å². The number of aliphatic imine (C=N–C) groups is 1. The number of rotatable bonds is 5. The number of nitrogens with zero attached hydrogens (tertiary/aromatic N) is 1. The molecule has 0 aromatic heterocycles. The Kier molecular flexibility index (Phi) is 5.94. The van der Waals surface area contributed by atoms with E-state index >= 15 is 0 Å². The van der Waals surface area contributed by atoms with Crippen molar-refractivity contribution >= 4 is 5.71 Å². The highest BCUT2D eigenvalue weighted by Crippen LogP contribution is 2.01. The van der Waals surface area contributed by atoms with Crippen LogP contribution in [0.5, 0.6) is 0 Å². The van der Waals surface area contributed by atoms with Gasteiger partial charge in [-0.3, -0.25) is 4.99 Å². The maximum Gasteiger partial charge on any atom is 0.111 e. The molecule has 0 rings (SSSR count). The third-order valence-electron chi connectivity index (χ3n) is 1.39. The molecule has 0 unspecified atom stereocenters. The molecule has 2 nitrogen and oxygen atoms in total. The highest BCUT2D eigenvalue weighted by molar-refractivity contribution is 5.92. The molecule has 0 saturated heterocycles. The second-order valence-corrected chi connectivity index (χ2v) is 3.42. The van der Waals surface area contributed by atoms with Crippen LogP contribution in [0.4, 0.5) is 0 Å². The third-order valence-corrected chi connectivity index (χ3v) is 1.39. The van der Waals surface area contributed by atoms with Crippen molar-refractivity contribution in [2.24, 2.45) is 10.9 Å². The van der Waals surface area contributed by atoms with E-state index in [-0.39, 0.29) is 0 Å². The van der Waals surface area contributed by atoms with Gasteiger partial charge in [-0.2, -0.15) is 0 Å². The van der Waals surface area contributed by atoms with Crippen LogP contribution in [-0.4, -0.2) is 12.3 Å². The lowest BCUT2D eigenvalue weighted by atomic mass is 10.2. The van der Waals surface area contributed by atoms with Crippen molar-refractivity contribution in [3.63, 3.8) is 0 Å². The van der Waals surface area contributed by atoms with Crippen molar-refractivity contribution in [1.29, 1.82) is 0 Å². The summed E-state index contributed by atoms with van der Waals surface area (Å²) in [5.74, 6) is 1.39. The number of hydrogen-bond donors (Lipinski definition) is 0. The molecule has 0 aliphatic heterocycles. The van der Waals surface area contributed by atoms with Crippen LogP contribution < -0.4 is 0 Å². The molecular formula is C11H19NO. The van der Waals surface area contributed by atoms with Crippen molar-refractivity contribution < 1.29 is 4.74 Å². The molecule has 0 aliphatic rings. The van der Waals surface area contributed by atoms with Crippen LogP contribution >= 0.6 is 0 Å². The first-order chi connectivity index (χ1) is 6.06. The van der Waals surface area contributed by atoms with Gasteiger partial charge in [0.15, 0.2) is 0 Å². The van der Waals surface area contributed by atoms with Gasteiger partial charge in [-0.25, -0.2) is 0 Å². The first kappa shape index (κ1) is 11.9. The highest BCUT2D eigenvalue weighted by atomic mass is 16.5. The van der Waals surface area contributed by atoms with Gasteiger partial charge in [-0.05, 0) is 25.8 Å². The quantitative estimate of drug-likeness (QED) is 0.471. The van der Waals surface area contributed by atoms with Gasteiger partial charge in [-0.15, -0.1) is 0 Å². The first-order valence-electron chi connectivity index (χ1n) is 4.52. The van der Waals surface area contributed by atoms with Crippen molar-refractivity contribution in [2.45, 2.75) is 27.7 Å². The summed E-state index contributed by atoms with van der Waals surface area (Å²) in [4.78, 5) is 4.13. The molecule has 0 spiro atoms. The van der Waals surface area contributed by atoms with Crippen molar-refractivity contribution in [3.05, 3.63) is 24.6 Å². The molecule has 0 aliphatic carbocycles. The molecule has 0 radical (unpaired) electrons. The van der Waals surface area contributed by atoms with Crippen molar-refractivity contribution in [3.8, 4) is 0 Å². The van der Waals surface area contributed by atoms with E-state index < -0.39 is 0 Å². The minimum atomic E-state index is 0.549. The van der Waals surface area contributed by atoms with Gasteiger partial charge in [-0.1, -0.05) is 20.4 Å². The van der Waals surface area contributed by atoms with Gasteiger partial charge in [0.05, 0.1) is 12.8 Å². The van der Waals surface area contributed by atoms with Crippen LogP contribution in [0.1, 0.15) is 27.7 Å². The van der Waals surface area contributed by atoms with E-state index in [1.54, 1.807) is 12.3 Å². The Hall–Kier alpha value is -1.05. The van der Waals surface area contributed by atoms with Crippen LogP contribution in [0.25, 0.3) is 0 Å². The van der Waals surface area contributed by atoms with E-state index in [2.05, 4.69) is 25.4 Å². The van der Waals surface area contributed by atoms with Crippen LogP contribution in [0.2, 0.25) is 0 Å². The summed E-state index contributed by atoms with van der Waals surface area (Å²) in [7, 11) is 0. The molecular weight excluding hydrogens is 162 g/mol. The van der Waals surface area contributed by atoms with E-state index in [9.17, 15) is 0 Å². The molecule has 0 bridgehead atoms. The largest absolute Gasteiger partial charge is 0.496 e. The minimum Gasteiger partial charge on any atom is -0.496 e. The summed E-state index contributed by atoms with van der Waals surface area (Å²) in [6, 6.07) is 0. The van der Waals surface area contributed by atoms with Gasteiger partial charge in [0.25, 0.3) is 0 Å². The molecule has 2 heteroatoms. The van der Waals surface area contributed by atoms with E-state index in [1.165, 1.54) is 0 Å². The predicted octanol–water partition coefficient (Wildman–Crippen LogP) is 3.17. The lowest BCUT2D eigenvalue weighted by Crippen LogP contribution is -1.99. The Morgan fingerprint density at radius 2 is 2.08 bits per heavy atom.